The summed E-state index contributed by atoms with van der Waals surface area (Å²) in [6.07, 6.45) is 1.59. The number of hydrogen-bond acceptors (Lipinski definition) is 6. The van der Waals surface area contributed by atoms with Crippen molar-refractivity contribution in [3.05, 3.63) is 58.8 Å². The van der Waals surface area contributed by atoms with E-state index in [1.165, 1.54) is 0 Å². The van der Waals surface area contributed by atoms with Gasteiger partial charge in [-0.05, 0) is 30.5 Å². The Morgan fingerprint density at radius 3 is 2.72 bits per heavy atom. The van der Waals surface area contributed by atoms with Crippen molar-refractivity contribution in [2.75, 3.05) is 37.7 Å². The topological polar surface area (TPSA) is 74.8 Å². The van der Waals surface area contributed by atoms with Crippen LogP contribution in [0, 0.1) is 13.8 Å². The Bertz CT molecular complexity index is 913. The van der Waals surface area contributed by atoms with Crippen molar-refractivity contribution >= 4 is 17.7 Å². The van der Waals surface area contributed by atoms with Crippen LogP contribution in [-0.2, 0) is 11.3 Å². The van der Waals surface area contributed by atoms with Crippen molar-refractivity contribution < 1.29 is 14.3 Å². The summed E-state index contributed by atoms with van der Waals surface area (Å²) in [4.78, 5) is 33.0. The molecule has 1 aromatic carbocycles. The monoisotopic (exact) mass is 394 g/mol. The molecule has 1 atom stereocenters. The van der Waals surface area contributed by atoms with Crippen molar-refractivity contribution in [1.29, 1.82) is 0 Å². The Morgan fingerprint density at radius 2 is 2.03 bits per heavy atom. The molecule has 0 radical (unpaired) electrons. The van der Waals surface area contributed by atoms with Gasteiger partial charge in [0.1, 0.15) is 12.4 Å². The van der Waals surface area contributed by atoms with E-state index < -0.39 is 0 Å². The van der Waals surface area contributed by atoms with E-state index in [-0.39, 0.29) is 17.9 Å². The van der Waals surface area contributed by atoms with E-state index in [4.69, 9.17) is 4.74 Å². The Labute approximate surface area is 170 Å². The number of pyridine rings is 1. The van der Waals surface area contributed by atoms with Gasteiger partial charge in [-0.1, -0.05) is 30.3 Å². The number of ketones is 1. The molecule has 0 bridgehead atoms. The molecule has 2 fully saturated rings. The third-order valence-corrected chi connectivity index (χ3v) is 5.44. The predicted octanol–water partition coefficient (Wildman–Crippen LogP) is 2.31. The van der Waals surface area contributed by atoms with E-state index in [1.54, 1.807) is 4.90 Å². The molecule has 1 N–H and O–H groups in total. The second-order valence-corrected chi connectivity index (χ2v) is 7.70. The van der Waals surface area contributed by atoms with Crippen LogP contribution < -0.4 is 10.2 Å². The van der Waals surface area contributed by atoms with Crippen LogP contribution in [0.5, 0.6) is 0 Å². The Kier molecular flexibility index (Phi) is 5.49. The third-order valence-electron chi connectivity index (χ3n) is 5.44. The molecule has 1 amide bonds. The molecule has 2 aliphatic rings. The number of nitrogens with zero attached hydrogens (tertiary/aromatic N) is 3. The number of benzene rings is 1. The maximum atomic E-state index is 13.0. The number of Topliss-reactive ketones (excluding diaryl/α,β-unsaturated/α-hetero) is 1. The lowest BCUT2D eigenvalue weighted by atomic mass is 10.0. The minimum Gasteiger partial charge on any atom is -0.448 e. The normalized spacial score (nSPS) is 19.4. The summed E-state index contributed by atoms with van der Waals surface area (Å²) >= 11 is 0. The smallest absolute Gasteiger partial charge is 0.410 e. The Morgan fingerprint density at radius 1 is 1.24 bits per heavy atom. The van der Waals surface area contributed by atoms with E-state index >= 15 is 0 Å². The number of carbonyl (C=O) groups is 2. The van der Waals surface area contributed by atoms with Crippen molar-refractivity contribution in [1.82, 2.24) is 15.2 Å². The zero-order chi connectivity index (χ0) is 20.4. The van der Waals surface area contributed by atoms with E-state index in [9.17, 15) is 9.59 Å². The summed E-state index contributed by atoms with van der Waals surface area (Å²) < 4.78 is 4.96. The van der Waals surface area contributed by atoms with Crippen LogP contribution in [-0.4, -0.2) is 60.6 Å². The van der Waals surface area contributed by atoms with E-state index in [0.29, 0.717) is 31.8 Å². The Balaban J connectivity index is 1.42. The summed E-state index contributed by atoms with van der Waals surface area (Å²) in [7, 11) is 0. The fourth-order valence-electron chi connectivity index (χ4n) is 3.92. The van der Waals surface area contributed by atoms with Crippen molar-refractivity contribution in [3.63, 3.8) is 0 Å². The fourth-order valence-corrected chi connectivity index (χ4v) is 3.92. The molecule has 152 valence electrons. The van der Waals surface area contributed by atoms with Gasteiger partial charge in [-0.25, -0.2) is 9.78 Å². The molecule has 1 aromatic heterocycles. The van der Waals surface area contributed by atoms with Gasteiger partial charge < -0.3 is 19.9 Å². The average molecular weight is 394 g/mol. The predicted molar refractivity (Wildman–Crippen MR) is 110 cm³/mol. The van der Waals surface area contributed by atoms with Crippen molar-refractivity contribution in [2.45, 2.75) is 26.4 Å². The van der Waals surface area contributed by atoms with E-state index in [1.807, 2.05) is 37.4 Å². The molecule has 29 heavy (non-hydrogen) atoms. The van der Waals surface area contributed by atoms with Crippen LogP contribution >= 0.6 is 0 Å². The van der Waals surface area contributed by atoms with Crippen LogP contribution in [0.15, 0.2) is 36.5 Å². The van der Waals surface area contributed by atoms with Crippen molar-refractivity contribution in [2.24, 2.45) is 0 Å². The van der Waals surface area contributed by atoms with E-state index in [0.717, 1.165) is 35.6 Å². The summed E-state index contributed by atoms with van der Waals surface area (Å²) in [5, 5.41) is 3.34. The molecule has 1 unspecified atom stereocenters. The summed E-state index contributed by atoms with van der Waals surface area (Å²) in [6, 6.07) is 9.35. The van der Waals surface area contributed by atoms with Gasteiger partial charge in [0, 0.05) is 37.9 Å². The average Bonchev–Trinajstić information content (AvgIpc) is 3.12. The van der Waals surface area contributed by atoms with Gasteiger partial charge in [0.15, 0.2) is 5.78 Å². The number of rotatable bonds is 5. The van der Waals surface area contributed by atoms with Crippen LogP contribution in [0.3, 0.4) is 0 Å². The van der Waals surface area contributed by atoms with Crippen LogP contribution in [0.1, 0.15) is 27.0 Å². The minimum atomic E-state index is -0.281. The highest BCUT2D eigenvalue weighted by molar-refractivity contribution is 6.00. The molecule has 7 nitrogen and oxygen atoms in total. The van der Waals surface area contributed by atoms with Gasteiger partial charge in [-0.2, -0.15) is 0 Å². The highest BCUT2D eigenvalue weighted by Crippen LogP contribution is 2.20. The van der Waals surface area contributed by atoms with Gasteiger partial charge in [-0.3, -0.25) is 4.79 Å². The fraction of sp³-hybridized carbons (Fsp3) is 0.409. The number of aromatic nitrogens is 1. The number of anilines is 1. The second kappa shape index (κ2) is 8.21. The lowest BCUT2D eigenvalue weighted by Gasteiger charge is -2.34. The lowest BCUT2D eigenvalue weighted by Crippen LogP contribution is -2.54. The first-order valence-corrected chi connectivity index (χ1v) is 9.98. The molecule has 3 heterocycles. The molecule has 2 saturated heterocycles. The number of nitrogens with one attached hydrogen (secondary N) is 1. The van der Waals surface area contributed by atoms with Crippen molar-refractivity contribution in [3.8, 4) is 0 Å². The largest absolute Gasteiger partial charge is 0.448 e. The molecule has 2 aliphatic heterocycles. The van der Waals surface area contributed by atoms with Crippen LogP contribution in [0.4, 0.5) is 10.6 Å². The zero-order valence-electron chi connectivity index (χ0n) is 16.9. The number of amides is 1. The molecule has 0 aliphatic carbocycles. The lowest BCUT2D eigenvalue weighted by molar-refractivity contribution is 0.0939. The van der Waals surface area contributed by atoms with Gasteiger partial charge in [-0.15, -0.1) is 0 Å². The standard InChI is InChI=1S/C22H26N4O3/c1-15-11-16(2)21(24-12-15)25-8-7-23-19(14-25)20(27)18-5-3-17(4-6-18)13-26-9-10-29-22(26)28/h3-6,11-12,19,23H,7-10,13-14H2,1-2H3. The third kappa shape index (κ3) is 4.24. The first-order chi connectivity index (χ1) is 14.0. The van der Waals surface area contributed by atoms with Gasteiger partial charge in [0.25, 0.3) is 0 Å². The van der Waals surface area contributed by atoms with Gasteiger partial charge in [0.2, 0.25) is 0 Å². The molecular formula is C22H26N4O3. The maximum absolute atomic E-state index is 13.0. The number of ether oxygens (including phenoxy) is 1. The number of aryl methyl sites for hydroxylation is 2. The highest BCUT2D eigenvalue weighted by atomic mass is 16.6. The summed E-state index contributed by atoms with van der Waals surface area (Å²) in [5.41, 5.74) is 3.92. The maximum Gasteiger partial charge on any atom is 0.410 e. The first-order valence-electron chi connectivity index (χ1n) is 9.98. The van der Waals surface area contributed by atoms with Crippen LogP contribution in [0.25, 0.3) is 0 Å². The number of carbonyl (C=O) groups excluding carboxylic acids is 2. The first kappa shape index (κ1) is 19.4. The number of hydrogen-bond donors (Lipinski definition) is 1. The quantitative estimate of drug-likeness (QED) is 0.785. The highest BCUT2D eigenvalue weighted by Gasteiger charge is 2.28. The zero-order valence-corrected chi connectivity index (χ0v) is 16.9. The molecule has 2 aromatic rings. The molecule has 4 rings (SSSR count). The molecular weight excluding hydrogens is 368 g/mol. The molecule has 7 heteroatoms. The summed E-state index contributed by atoms with van der Waals surface area (Å²) in [5.74, 6) is 1.02. The second-order valence-electron chi connectivity index (χ2n) is 7.70. The number of piperazine rings is 1. The molecule has 0 saturated carbocycles. The number of cyclic esters (lactones) is 1. The summed E-state index contributed by atoms with van der Waals surface area (Å²) in [6.45, 7) is 7.79. The van der Waals surface area contributed by atoms with Gasteiger partial charge in [0.05, 0.1) is 12.6 Å². The Hall–Kier alpha value is -2.93. The van der Waals surface area contributed by atoms with Gasteiger partial charge >= 0.3 is 6.09 Å². The minimum absolute atomic E-state index is 0.0756. The van der Waals surface area contributed by atoms with Crippen LogP contribution in [0.2, 0.25) is 0 Å². The molecule has 0 spiro atoms. The SMILES string of the molecule is Cc1cnc(N2CCNC(C(=O)c3ccc(CN4CCOC4=O)cc3)C2)c(C)c1. The van der Waals surface area contributed by atoms with E-state index in [2.05, 4.69) is 28.2 Å².